The molecule has 0 atom stereocenters. The van der Waals surface area contributed by atoms with Gasteiger partial charge in [-0.3, -0.25) is 14.6 Å². The number of H-pyrrole nitrogens is 1. The van der Waals surface area contributed by atoms with Gasteiger partial charge in [0.1, 0.15) is 11.5 Å². The van der Waals surface area contributed by atoms with Crippen LogP contribution < -0.4 is 0 Å². The van der Waals surface area contributed by atoms with Crippen LogP contribution in [0.25, 0.3) is 10.9 Å². The molecule has 9 heteroatoms. The minimum absolute atomic E-state index is 0.0763. The number of rotatable bonds is 5. The van der Waals surface area contributed by atoms with Crippen molar-refractivity contribution < 1.29 is 18.3 Å². The zero-order chi connectivity index (χ0) is 19.8. The maximum atomic E-state index is 14.7. The highest BCUT2D eigenvalue weighted by Crippen LogP contribution is 2.31. The quantitative estimate of drug-likeness (QED) is 0.818. The van der Waals surface area contributed by atoms with Gasteiger partial charge in [-0.15, -0.1) is 0 Å². The number of methoxy groups -OCH3 is 1. The minimum atomic E-state index is -0.794. The van der Waals surface area contributed by atoms with Crippen LogP contribution >= 0.6 is 11.6 Å². The lowest BCUT2D eigenvalue weighted by Gasteiger charge is -2.40. The van der Waals surface area contributed by atoms with Crippen molar-refractivity contribution in [2.75, 3.05) is 59.5 Å². The number of piperazine rings is 1. The third kappa shape index (κ3) is 3.61. The van der Waals surface area contributed by atoms with E-state index in [0.717, 1.165) is 45.3 Å². The first-order chi connectivity index (χ1) is 13.5. The second-order valence-corrected chi connectivity index (χ2v) is 7.73. The Balaban J connectivity index is 1.35. The van der Waals surface area contributed by atoms with Gasteiger partial charge in [0.2, 0.25) is 0 Å². The summed E-state index contributed by atoms with van der Waals surface area (Å²) in [4.78, 5) is 21.8. The number of hydrogen-bond acceptors (Lipinski definition) is 4. The number of benzene rings is 1. The first kappa shape index (κ1) is 19.6. The van der Waals surface area contributed by atoms with Crippen molar-refractivity contribution >= 4 is 28.4 Å². The lowest BCUT2D eigenvalue weighted by atomic mass is 10.1. The Morgan fingerprint density at radius 3 is 2.54 bits per heavy atom. The van der Waals surface area contributed by atoms with E-state index >= 15 is 0 Å². The van der Waals surface area contributed by atoms with Gasteiger partial charge in [0.25, 0.3) is 5.91 Å². The number of nitrogens with zero attached hydrogens (tertiary/aromatic N) is 3. The second-order valence-electron chi connectivity index (χ2n) is 7.35. The summed E-state index contributed by atoms with van der Waals surface area (Å²) in [6.07, 6.45) is 0.350. The van der Waals surface area contributed by atoms with E-state index in [2.05, 4.69) is 14.8 Å². The van der Waals surface area contributed by atoms with Gasteiger partial charge in [-0.05, 0) is 12.1 Å². The maximum absolute atomic E-state index is 14.7. The van der Waals surface area contributed by atoms with E-state index in [0.29, 0.717) is 24.7 Å². The Bertz CT molecular complexity index is 876. The third-order valence-electron chi connectivity index (χ3n) is 5.66. The molecule has 1 amide bonds. The fraction of sp³-hybridized carbons (Fsp3) is 0.526. The first-order valence-electron chi connectivity index (χ1n) is 9.40. The van der Waals surface area contributed by atoms with Crippen LogP contribution in [-0.2, 0) is 4.74 Å². The summed E-state index contributed by atoms with van der Waals surface area (Å²) in [5, 5.41) is -0.385. The van der Waals surface area contributed by atoms with Crippen LogP contribution in [0.1, 0.15) is 10.5 Å². The van der Waals surface area contributed by atoms with E-state index in [9.17, 15) is 13.6 Å². The Morgan fingerprint density at radius 2 is 1.86 bits per heavy atom. The van der Waals surface area contributed by atoms with Gasteiger partial charge < -0.3 is 14.6 Å². The van der Waals surface area contributed by atoms with Crippen molar-refractivity contribution in [3.05, 3.63) is 34.5 Å². The maximum Gasteiger partial charge on any atom is 0.273 e. The lowest BCUT2D eigenvalue weighted by molar-refractivity contribution is -0.0334. The molecule has 152 valence electrons. The summed E-state index contributed by atoms with van der Waals surface area (Å²) in [6, 6.07) is 2.54. The highest BCUT2D eigenvalue weighted by Gasteiger charge is 2.29. The molecule has 0 unspecified atom stereocenters. The van der Waals surface area contributed by atoms with Gasteiger partial charge in [0.15, 0.2) is 5.82 Å². The largest absolute Gasteiger partial charge is 0.379 e. The summed E-state index contributed by atoms with van der Waals surface area (Å²) in [5.41, 5.74) is 0.150. The number of carbonyl (C=O) groups excluding carboxylic acids is 1. The summed E-state index contributed by atoms with van der Waals surface area (Å²) < 4.78 is 33.6. The monoisotopic (exact) mass is 412 g/mol. The molecule has 6 nitrogen and oxygen atoms in total. The molecule has 2 aliphatic heterocycles. The molecule has 0 bridgehead atoms. The van der Waals surface area contributed by atoms with Gasteiger partial charge in [-0.2, -0.15) is 0 Å². The molecule has 0 radical (unpaired) electrons. The van der Waals surface area contributed by atoms with Crippen molar-refractivity contribution in [2.24, 2.45) is 0 Å². The van der Waals surface area contributed by atoms with E-state index in [4.69, 9.17) is 16.3 Å². The van der Waals surface area contributed by atoms with Crippen LogP contribution in [-0.4, -0.2) is 91.2 Å². The summed E-state index contributed by atoms with van der Waals surface area (Å²) in [6.45, 7) is 6.39. The molecule has 2 saturated heterocycles. The SMILES string of the molecule is COC1CN(CCN2CCN(C(=O)c3[nH]c4ccc(F)c(Cl)c4c3F)CC2)C1. The molecule has 2 aromatic rings. The van der Waals surface area contributed by atoms with E-state index in [1.54, 1.807) is 12.0 Å². The Labute approximate surface area is 167 Å². The smallest absolute Gasteiger partial charge is 0.273 e. The number of fused-ring (bicyclic) bond motifs is 1. The molecular formula is C19H23ClF2N4O2. The average Bonchev–Trinajstić information content (AvgIpc) is 3.01. The molecule has 1 N–H and O–H groups in total. The van der Waals surface area contributed by atoms with Gasteiger partial charge in [0.05, 0.1) is 22.0 Å². The van der Waals surface area contributed by atoms with Crippen molar-refractivity contribution in [3.63, 3.8) is 0 Å². The Morgan fingerprint density at radius 1 is 1.18 bits per heavy atom. The fourth-order valence-corrected chi connectivity index (χ4v) is 4.05. The van der Waals surface area contributed by atoms with Crippen molar-refractivity contribution in [1.29, 1.82) is 0 Å². The van der Waals surface area contributed by atoms with Crippen LogP contribution in [0, 0.1) is 11.6 Å². The van der Waals surface area contributed by atoms with Crippen LogP contribution in [0.5, 0.6) is 0 Å². The Hall–Kier alpha value is -1.74. The number of amides is 1. The average molecular weight is 413 g/mol. The molecule has 28 heavy (non-hydrogen) atoms. The van der Waals surface area contributed by atoms with Crippen LogP contribution in [0.4, 0.5) is 8.78 Å². The lowest BCUT2D eigenvalue weighted by Crippen LogP contribution is -2.55. The normalized spacial score (nSPS) is 19.4. The number of hydrogen-bond donors (Lipinski definition) is 1. The number of ether oxygens (including phenoxy) is 1. The van der Waals surface area contributed by atoms with Gasteiger partial charge in [-0.25, -0.2) is 8.78 Å². The van der Waals surface area contributed by atoms with E-state index in [1.807, 2.05) is 0 Å². The first-order valence-corrected chi connectivity index (χ1v) is 9.77. The zero-order valence-corrected chi connectivity index (χ0v) is 16.4. The number of aromatic nitrogens is 1. The van der Waals surface area contributed by atoms with Crippen LogP contribution in [0.2, 0.25) is 5.02 Å². The summed E-state index contributed by atoms with van der Waals surface area (Å²) in [5.74, 6) is -1.92. The molecule has 0 spiro atoms. The van der Waals surface area contributed by atoms with Gasteiger partial charge >= 0.3 is 0 Å². The molecule has 2 fully saturated rings. The van der Waals surface area contributed by atoms with Gasteiger partial charge in [-0.1, -0.05) is 11.6 Å². The minimum Gasteiger partial charge on any atom is -0.379 e. The number of aromatic amines is 1. The molecule has 4 rings (SSSR count). The van der Waals surface area contributed by atoms with Gasteiger partial charge in [0, 0.05) is 59.5 Å². The molecule has 2 aliphatic rings. The second kappa shape index (κ2) is 7.94. The highest BCUT2D eigenvalue weighted by molar-refractivity contribution is 6.35. The van der Waals surface area contributed by atoms with E-state index in [1.165, 1.54) is 6.07 Å². The predicted octanol–water partition coefficient (Wildman–Crippen LogP) is 2.19. The van der Waals surface area contributed by atoms with E-state index < -0.39 is 17.5 Å². The predicted molar refractivity (Wildman–Crippen MR) is 103 cm³/mol. The zero-order valence-electron chi connectivity index (χ0n) is 15.7. The molecule has 0 aliphatic carbocycles. The summed E-state index contributed by atoms with van der Waals surface area (Å²) >= 11 is 5.87. The van der Waals surface area contributed by atoms with E-state index in [-0.39, 0.29) is 16.1 Å². The molecular weight excluding hydrogens is 390 g/mol. The topological polar surface area (TPSA) is 51.8 Å². The molecule has 1 aromatic heterocycles. The standard InChI is InChI=1S/C19H23ClF2N4O2/c1-28-12-10-25(11-12)5-4-24-6-8-26(9-7-24)19(27)18-17(22)15-14(23-18)3-2-13(21)16(15)20/h2-3,12,23H,4-11H2,1H3. The molecule has 0 saturated carbocycles. The summed E-state index contributed by atoms with van der Waals surface area (Å²) in [7, 11) is 1.73. The van der Waals surface area contributed by atoms with Crippen molar-refractivity contribution in [3.8, 4) is 0 Å². The van der Waals surface area contributed by atoms with Crippen molar-refractivity contribution in [1.82, 2.24) is 19.7 Å². The fourth-order valence-electron chi connectivity index (χ4n) is 3.80. The number of nitrogens with one attached hydrogen (secondary N) is 1. The van der Waals surface area contributed by atoms with Crippen LogP contribution in [0.15, 0.2) is 12.1 Å². The number of likely N-dealkylation sites (tertiary alicyclic amines) is 1. The number of halogens is 3. The Kier molecular flexibility index (Phi) is 5.55. The molecule has 1 aromatic carbocycles. The molecule has 3 heterocycles. The van der Waals surface area contributed by atoms with Crippen molar-refractivity contribution in [2.45, 2.75) is 6.10 Å². The van der Waals surface area contributed by atoms with Crippen LogP contribution in [0.3, 0.4) is 0 Å². The highest BCUT2D eigenvalue weighted by atomic mass is 35.5. The third-order valence-corrected chi connectivity index (χ3v) is 6.03. The number of carbonyl (C=O) groups is 1.